The zero-order chi connectivity index (χ0) is 14.7. The van der Waals surface area contributed by atoms with Gasteiger partial charge in [0.15, 0.2) is 15.8 Å². The van der Waals surface area contributed by atoms with Crippen LogP contribution in [0.15, 0.2) is 21.3 Å². The predicted molar refractivity (Wildman–Crippen MR) is 95.7 cm³/mol. The lowest BCUT2D eigenvalue weighted by molar-refractivity contribution is 0.508. The van der Waals surface area contributed by atoms with Gasteiger partial charge in [0.05, 0.1) is 12.3 Å². The number of rotatable bonds is 4. The summed E-state index contributed by atoms with van der Waals surface area (Å²) in [4.78, 5) is 5.08. The molecule has 0 aliphatic carbocycles. The fourth-order valence-electron chi connectivity index (χ4n) is 1.34. The van der Waals surface area contributed by atoms with E-state index >= 15 is 0 Å². The summed E-state index contributed by atoms with van der Waals surface area (Å²) in [7, 11) is -3.12. The van der Waals surface area contributed by atoms with E-state index in [1.807, 2.05) is 20.8 Å². The lowest BCUT2D eigenvalue weighted by Crippen LogP contribution is -2.44. The quantitative estimate of drug-likeness (QED) is 0.436. The summed E-state index contributed by atoms with van der Waals surface area (Å²) in [6, 6.07) is 3.41. The van der Waals surface area contributed by atoms with E-state index in [1.165, 1.54) is 11.3 Å². The van der Waals surface area contributed by atoms with Crippen LogP contribution in [-0.2, 0) is 16.4 Å². The van der Waals surface area contributed by atoms with Gasteiger partial charge in [0.1, 0.15) is 4.21 Å². The number of nitrogens with two attached hydrogens (primary N) is 1. The Morgan fingerprint density at radius 3 is 2.50 bits per heavy atom. The van der Waals surface area contributed by atoms with Gasteiger partial charge in [0.25, 0.3) is 0 Å². The predicted octanol–water partition coefficient (Wildman–Crippen LogP) is 2.36. The molecule has 0 bridgehead atoms. The average Bonchev–Trinajstić information content (AvgIpc) is 2.73. The number of nitrogens with one attached hydrogen (secondary N) is 1. The molecule has 5 nitrogen and oxygen atoms in total. The van der Waals surface area contributed by atoms with Crippen molar-refractivity contribution >= 4 is 51.1 Å². The number of thiophene rings is 1. The van der Waals surface area contributed by atoms with Gasteiger partial charge in [-0.25, -0.2) is 13.4 Å². The minimum atomic E-state index is -3.12. The van der Waals surface area contributed by atoms with Gasteiger partial charge in [-0.1, -0.05) is 6.92 Å². The van der Waals surface area contributed by atoms with Crippen molar-refractivity contribution < 1.29 is 8.42 Å². The van der Waals surface area contributed by atoms with Crippen molar-refractivity contribution in [2.24, 2.45) is 10.7 Å². The molecule has 1 heterocycles. The molecule has 3 N–H and O–H groups in total. The molecule has 8 heteroatoms. The van der Waals surface area contributed by atoms with E-state index in [4.69, 9.17) is 5.73 Å². The average molecular weight is 431 g/mol. The highest BCUT2D eigenvalue weighted by atomic mass is 127. The molecule has 1 rings (SSSR count). The van der Waals surface area contributed by atoms with Gasteiger partial charge in [-0.15, -0.1) is 35.3 Å². The monoisotopic (exact) mass is 431 g/mol. The van der Waals surface area contributed by atoms with Crippen LogP contribution in [0.25, 0.3) is 0 Å². The highest BCUT2D eigenvalue weighted by molar-refractivity contribution is 14.0. The highest BCUT2D eigenvalue weighted by Gasteiger charge is 2.14. The highest BCUT2D eigenvalue weighted by Crippen LogP contribution is 2.23. The third-order valence-electron chi connectivity index (χ3n) is 2.23. The van der Waals surface area contributed by atoms with Crippen LogP contribution in [0.2, 0.25) is 0 Å². The van der Waals surface area contributed by atoms with Gasteiger partial charge >= 0.3 is 0 Å². The molecular formula is C12H22IN3O2S2. The minimum Gasteiger partial charge on any atom is -0.370 e. The summed E-state index contributed by atoms with van der Waals surface area (Å²) in [6.07, 6.45) is 0. The first-order valence-electron chi connectivity index (χ1n) is 6.03. The summed E-state index contributed by atoms with van der Waals surface area (Å²) >= 11 is 1.25. The molecule has 0 fully saturated rings. The van der Waals surface area contributed by atoms with E-state index in [1.54, 1.807) is 19.1 Å². The second-order valence-electron chi connectivity index (χ2n) is 5.20. The Morgan fingerprint density at radius 2 is 2.00 bits per heavy atom. The first-order chi connectivity index (χ1) is 8.64. The van der Waals surface area contributed by atoms with Crippen molar-refractivity contribution in [3.8, 4) is 0 Å². The first kappa shape index (κ1) is 19.7. The van der Waals surface area contributed by atoms with E-state index < -0.39 is 9.84 Å². The molecule has 116 valence electrons. The zero-order valence-corrected chi connectivity index (χ0v) is 16.1. The number of aliphatic imine (C=N–C) groups is 1. The van der Waals surface area contributed by atoms with Crippen molar-refractivity contribution in [3.63, 3.8) is 0 Å². The normalized spacial score (nSPS) is 12.9. The van der Waals surface area contributed by atoms with Gasteiger partial charge in [-0.2, -0.15) is 0 Å². The second-order valence-corrected chi connectivity index (χ2v) is 8.87. The zero-order valence-electron chi connectivity index (χ0n) is 12.1. The van der Waals surface area contributed by atoms with Crippen LogP contribution in [0.1, 0.15) is 32.6 Å². The van der Waals surface area contributed by atoms with Crippen molar-refractivity contribution in [1.29, 1.82) is 0 Å². The molecule has 1 aromatic rings. The molecule has 0 aliphatic rings. The van der Waals surface area contributed by atoms with Crippen LogP contribution in [0.4, 0.5) is 0 Å². The maximum absolute atomic E-state index is 11.7. The fourth-order valence-corrected chi connectivity index (χ4v) is 3.74. The van der Waals surface area contributed by atoms with E-state index in [0.29, 0.717) is 16.7 Å². The van der Waals surface area contributed by atoms with Gasteiger partial charge < -0.3 is 11.1 Å². The Kier molecular flexibility index (Phi) is 7.47. The Morgan fingerprint density at radius 1 is 1.40 bits per heavy atom. The lowest BCUT2D eigenvalue weighted by atomic mass is 10.1. The summed E-state index contributed by atoms with van der Waals surface area (Å²) < 4.78 is 23.7. The number of hydrogen-bond acceptors (Lipinski definition) is 4. The summed E-state index contributed by atoms with van der Waals surface area (Å²) in [5, 5.41) is 3.05. The van der Waals surface area contributed by atoms with Gasteiger partial charge in [-0.05, 0) is 32.9 Å². The summed E-state index contributed by atoms with van der Waals surface area (Å²) in [5.74, 6) is 0.477. The van der Waals surface area contributed by atoms with Gasteiger partial charge in [0.2, 0.25) is 0 Å². The fraction of sp³-hybridized carbons (Fsp3) is 0.583. The lowest BCUT2D eigenvalue weighted by Gasteiger charge is -2.20. The van der Waals surface area contributed by atoms with Crippen molar-refractivity contribution in [1.82, 2.24) is 5.32 Å². The van der Waals surface area contributed by atoms with Crippen LogP contribution in [-0.4, -0.2) is 25.7 Å². The molecule has 0 amide bonds. The molecule has 0 saturated heterocycles. The van der Waals surface area contributed by atoms with Crippen molar-refractivity contribution in [2.45, 2.75) is 44.0 Å². The Bertz CT molecular complexity index is 560. The molecule has 0 aromatic carbocycles. The largest absolute Gasteiger partial charge is 0.370 e. The first-order valence-corrected chi connectivity index (χ1v) is 8.50. The summed E-state index contributed by atoms with van der Waals surface area (Å²) in [5.41, 5.74) is 5.61. The number of hydrogen-bond donors (Lipinski definition) is 2. The van der Waals surface area contributed by atoms with E-state index in [2.05, 4.69) is 10.3 Å². The molecular weight excluding hydrogens is 409 g/mol. The molecule has 1 aromatic heterocycles. The van der Waals surface area contributed by atoms with Gasteiger partial charge in [-0.3, -0.25) is 0 Å². The molecule has 0 unspecified atom stereocenters. The molecule has 0 spiro atoms. The van der Waals surface area contributed by atoms with E-state index in [-0.39, 0.29) is 35.3 Å². The second kappa shape index (κ2) is 7.60. The minimum absolute atomic E-state index is 0. The number of nitrogens with zero attached hydrogens (tertiary/aromatic N) is 1. The molecule has 0 aliphatic heterocycles. The third-order valence-corrected chi connectivity index (χ3v) is 5.62. The van der Waals surface area contributed by atoms with E-state index in [9.17, 15) is 8.42 Å². The molecule has 0 radical (unpaired) electrons. The summed E-state index contributed by atoms with van der Waals surface area (Å²) in [6.45, 7) is 8.00. The molecule has 0 saturated carbocycles. The van der Waals surface area contributed by atoms with Crippen LogP contribution in [0.3, 0.4) is 0 Å². The number of sulfone groups is 1. The number of halogens is 1. The molecule has 0 atom stereocenters. The van der Waals surface area contributed by atoms with Gasteiger partial charge in [0, 0.05) is 10.4 Å². The van der Waals surface area contributed by atoms with Crippen LogP contribution in [0, 0.1) is 0 Å². The number of guanidine groups is 1. The van der Waals surface area contributed by atoms with E-state index in [0.717, 1.165) is 4.88 Å². The maximum Gasteiger partial charge on any atom is 0.189 e. The van der Waals surface area contributed by atoms with Crippen LogP contribution in [0.5, 0.6) is 0 Å². The molecule has 20 heavy (non-hydrogen) atoms. The standard InChI is InChI=1S/C12H21N3O2S2.HI/c1-5-19(16,17)10-7-6-9(18-10)8-14-11(13)15-12(2,3)4;/h6-7H,5,8H2,1-4H3,(H3,13,14,15);1H. The Hall–Kier alpha value is -0.350. The Labute approximate surface area is 142 Å². The van der Waals surface area contributed by atoms with Crippen molar-refractivity contribution in [2.75, 3.05) is 5.75 Å². The Balaban J connectivity index is 0.00000361. The topological polar surface area (TPSA) is 84.5 Å². The van der Waals surface area contributed by atoms with Crippen molar-refractivity contribution in [3.05, 3.63) is 17.0 Å². The smallest absolute Gasteiger partial charge is 0.189 e. The maximum atomic E-state index is 11.7. The SMILES string of the molecule is CCS(=O)(=O)c1ccc(CN=C(N)NC(C)(C)C)s1.I. The van der Waals surface area contributed by atoms with Crippen LogP contribution < -0.4 is 11.1 Å². The third kappa shape index (κ3) is 6.40. The van der Waals surface area contributed by atoms with Crippen LogP contribution >= 0.6 is 35.3 Å².